The molecule has 0 radical (unpaired) electrons. The van der Waals surface area contributed by atoms with Crippen LogP contribution < -0.4 is 5.73 Å². The van der Waals surface area contributed by atoms with Gasteiger partial charge in [-0.25, -0.2) is 4.98 Å². The van der Waals surface area contributed by atoms with Crippen molar-refractivity contribution in [3.63, 3.8) is 0 Å². The van der Waals surface area contributed by atoms with E-state index in [0.29, 0.717) is 0 Å². The molecule has 0 aliphatic heterocycles. The van der Waals surface area contributed by atoms with Crippen molar-refractivity contribution < 1.29 is 20.2 Å². The Balaban J connectivity index is 2.99. The number of rotatable bonds is 5. The van der Waals surface area contributed by atoms with Crippen molar-refractivity contribution in [2.45, 2.75) is 18.6 Å². The van der Waals surface area contributed by atoms with Crippen LogP contribution in [-0.4, -0.2) is 37.9 Å². The summed E-state index contributed by atoms with van der Waals surface area (Å²) in [6.45, 7) is -0.303. The first-order chi connectivity index (χ1) is 7.97. The Kier molecular flexibility index (Phi) is 4.32. The molecule has 1 heterocycles. The summed E-state index contributed by atoms with van der Waals surface area (Å²) in [5, 5.41) is 38.3. The first kappa shape index (κ1) is 13.3. The molecule has 1 rings (SSSR count). The van der Waals surface area contributed by atoms with Crippen LogP contribution in [0.4, 0.5) is 11.5 Å². The third-order valence-electron chi connectivity index (χ3n) is 2.25. The molecule has 2 atom stereocenters. The van der Waals surface area contributed by atoms with Crippen LogP contribution in [-0.2, 0) is 0 Å². The smallest absolute Gasteiger partial charge is 0.311 e. The predicted molar refractivity (Wildman–Crippen MR) is 58.0 cm³/mol. The normalized spacial score (nSPS) is 14.3. The Morgan fingerprint density at radius 3 is 2.71 bits per heavy atom. The van der Waals surface area contributed by atoms with Gasteiger partial charge in [0.15, 0.2) is 0 Å². The second kappa shape index (κ2) is 5.53. The molecule has 0 saturated carbocycles. The molecule has 0 saturated heterocycles. The number of nitrogens with two attached hydrogens (primary N) is 1. The average Bonchev–Trinajstić information content (AvgIpc) is 2.28. The number of hydrogen-bond acceptors (Lipinski definition) is 7. The van der Waals surface area contributed by atoms with Gasteiger partial charge in [0, 0.05) is 24.4 Å². The lowest BCUT2D eigenvalue weighted by Gasteiger charge is -2.16. The summed E-state index contributed by atoms with van der Waals surface area (Å²) in [5.74, 6) is -0.261. The summed E-state index contributed by atoms with van der Waals surface area (Å²) < 4.78 is 0. The summed E-state index contributed by atoms with van der Waals surface area (Å²) in [6, 6.07) is 1.05. The van der Waals surface area contributed by atoms with Crippen LogP contribution in [0, 0.1) is 10.1 Å². The number of hydrogen-bond donors (Lipinski definition) is 4. The van der Waals surface area contributed by atoms with Crippen LogP contribution in [0.2, 0.25) is 0 Å². The minimum atomic E-state index is -1.35. The molecule has 0 aromatic carbocycles. The zero-order valence-electron chi connectivity index (χ0n) is 8.85. The van der Waals surface area contributed by atoms with E-state index in [1.165, 1.54) is 0 Å². The number of aliphatic hydroxyl groups excluding tert-OH is 3. The van der Waals surface area contributed by atoms with Crippen molar-refractivity contribution in [2.24, 2.45) is 0 Å². The first-order valence-corrected chi connectivity index (χ1v) is 4.84. The van der Waals surface area contributed by atoms with Gasteiger partial charge in [0.25, 0.3) is 0 Å². The SMILES string of the molecule is Nc1ncc(C(O)C(O)CCO)cc1[N+](=O)[O-]. The Morgan fingerprint density at radius 2 is 2.18 bits per heavy atom. The minimum Gasteiger partial charge on any atom is -0.396 e. The van der Waals surface area contributed by atoms with Gasteiger partial charge < -0.3 is 21.1 Å². The number of nitro groups is 1. The lowest BCUT2D eigenvalue weighted by atomic mass is 10.0. The number of aromatic nitrogens is 1. The average molecular weight is 243 g/mol. The fourth-order valence-electron chi connectivity index (χ4n) is 1.30. The lowest BCUT2D eigenvalue weighted by Crippen LogP contribution is -2.20. The number of anilines is 1. The zero-order chi connectivity index (χ0) is 13.0. The maximum atomic E-state index is 10.6. The largest absolute Gasteiger partial charge is 0.396 e. The Bertz CT molecular complexity index is 412. The number of nitrogen functional groups attached to an aromatic ring is 1. The van der Waals surface area contributed by atoms with E-state index >= 15 is 0 Å². The van der Waals surface area contributed by atoms with Crippen molar-refractivity contribution in [3.05, 3.63) is 27.9 Å². The third-order valence-corrected chi connectivity index (χ3v) is 2.25. The highest BCUT2D eigenvalue weighted by Gasteiger charge is 2.22. The molecule has 1 aromatic rings. The van der Waals surface area contributed by atoms with E-state index in [4.69, 9.17) is 10.8 Å². The Labute approximate surface area is 96.5 Å². The molecular formula is C9H13N3O5. The zero-order valence-corrected chi connectivity index (χ0v) is 8.85. The van der Waals surface area contributed by atoms with Gasteiger partial charge >= 0.3 is 5.69 Å². The molecule has 0 aliphatic rings. The van der Waals surface area contributed by atoms with Gasteiger partial charge in [-0.3, -0.25) is 10.1 Å². The second-order valence-corrected chi connectivity index (χ2v) is 3.45. The molecular weight excluding hydrogens is 230 g/mol. The van der Waals surface area contributed by atoms with Gasteiger partial charge in [-0.2, -0.15) is 0 Å². The van der Waals surface area contributed by atoms with Crippen molar-refractivity contribution in [1.82, 2.24) is 4.98 Å². The van der Waals surface area contributed by atoms with E-state index in [1.807, 2.05) is 0 Å². The van der Waals surface area contributed by atoms with Gasteiger partial charge in [-0.05, 0) is 6.42 Å². The third kappa shape index (κ3) is 3.09. The van der Waals surface area contributed by atoms with Crippen molar-refractivity contribution in [2.75, 3.05) is 12.3 Å². The lowest BCUT2D eigenvalue weighted by molar-refractivity contribution is -0.384. The number of aliphatic hydroxyl groups is 3. The molecule has 17 heavy (non-hydrogen) atoms. The minimum absolute atomic E-state index is 0.0423. The summed E-state index contributed by atoms with van der Waals surface area (Å²) in [4.78, 5) is 13.4. The van der Waals surface area contributed by atoms with Crippen LogP contribution in [0.5, 0.6) is 0 Å². The van der Waals surface area contributed by atoms with E-state index in [1.54, 1.807) is 0 Å². The maximum Gasteiger partial charge on any atom is 0.311 e. The summed E-state index contributed by atoms with van der Waals surface area (Å²) >= 11 is 0. The number of nitrogens with zero attached hydrogens (tertiary/aromatic N) is 2. The molecule has 94 valence electrons. The molecule has 8 heteroatoms. The standard InChI is InChI=1S/C9H13N3O5/c10-9-6(12(16)17)3-5(4-11-9)8(15)7(14)1-2-13/h3-4,7-8,13-15H,1-2H2,(H2,10,11). The first-order valence-electron chi connectivity index (χ1n) is 4.84. The van der Waals surface area contributed by atoms with Crippen molar-refractivity contribution >= 4 is 11.5 Å². The molecule has 2 unspecified atom stereocenters. The van der Waals surface area contributed by atoms with Gasteiger partial charge in [0.1, 0.15) is 6.10 Å². The monoisotopic (exact) mass is 243 g/mol. The molecule has 0 bridgehead atoms. The highest BCUT2D eigenvalue weighted by atomic mass is 16.6. The van der Waals surface area contributed by atoms with Crippen LogP contribution in [0.3, 0.4) is 0 Å². The molecule has 5 N–H and O–H groups in total. The van der Waals surface area contributed by atoms with Crippen LogP contribution >= 0.6 is 0 Å². The summed E-state index contributed by atoms with van der Waals surface area (Å²) in [6.07, 6.45) is -1.47. The molecule has 0 aliphatic carbocycles. The van der Waals surface area contributed by atoms with Crippen LogP contribution in [0.1, 0.15) is 18.1 Å². The highest BCUT2D eigenvalue weighted by molar-refractivity contribution is 5.53. The van der Waals surface area contributed by atoms with Gasteiger partial charge in [0.2, 0.25) is 5.82 Å². The molecule has 1 aromatic heterocycles. The highest BCUT2D eigenvalue weighted by Crippen LogP contribution is 2.25. The van der Waals surface area contributed by atoms with Gasteiger partial charge in [0.05, 0.1) is 11.0 Å². The van der Waals surface area contributed by atoms with Crippen LogP contribution in [0.15, 0.2) is 12.3 Å². The predicted octanol–water partition coefficient (Wildman–Crippen LogP) is -0.651. The van der Waals surface area contributed by atoms with E-state index in [9.17, 15) is 20.3 Å². The van der Waals surface area contributed by atoms with Crippen molar-refractivity contribution in [3.8, 4) is 0 Å². The van der Waals surface area contributed by atoms with Gasteiger partial charge in [-0.1, -0.05) is 0 Å². The molecule has 0 spiro atoms. The van der Waals surface area contributed by atoms with E-state index in [-0.39, 0.29) is 24.4 Å². The Hall–Kier alpha value is -1.77. The van der Waals surface area contributed by atoms with Gasteiger partial charge in [-0.15, -0.1) is 0 Å². The van der Waals surface area contributed by atoms with Crippen molar-refractivity contribution in [1.29, 1.82) is 0 Å². The fourth-order valence-corrected chi connectivity index (χ4v) is 1.30. The molecule has 0 fully saturated rings. The van der Waals surface area contributed by atoms with E-state index in [0.717, 1.165) is 12.3 Å². The maximum absolute atomic E-state index is 10.6. The van der Waals surface area contributed by atoms with E-state index < -0.39 is 22.8 Å². The van der Waals surface area contributed by atoms with E-state index in [2.05, 4.69) is 4.98 Å². The summed E-state index contributed by atoms with van der Waals surface area (Å²) in [5.41, 5.74) is 4.93. The molecule has 8 nitrogen and oxygen atoms in total. The topological polar surface area (TPSA) is 143 Å². The summed E-state index contributed by atoms with van der Waals surface area (Å²) in [7, 11) is 0. The molecule has 0 amide bonds. The number of pyridine rings is 1. The Morgan fingerprint density at radius 1 is 1.53 bits per heavy atom. The second-order valence-electron chi connectivity index (χ2n) is 3.45. The van der Waals surface area contributed by atoms with Crippen LogP contribution in [0.25, 0.3) is 0 Å². The fraction of sp³-hybridized carbons (Fsp3) is 0.444. The quantitative estimate of drug-likeness (QED) is 0.397.